The first-order valence-corrected chi connectivity index (χ1v) is 5.15. The van der Waals surface area contributed by atoms with E-state index in [1.54, 1.807) is 0 Å². The molecule has 1 aromatic rings. The van der Waals surface area contributed by atoms with Crippen LogP contribution in [0.15, 0.2) is 12.4 Å². The van der Waals surface area contributed by atoms with Crippen molar-refractivity contribution in [2.45, 2.75) is 6.42 Å². The Bertz CT molecular complexity index is 412. The lowest BCUT2D eigenvalue weighted by Gasteiger charge is -2.01. The lowest BCUT2D eigenvalue weighted by molar-refractivity contribution is 0.538. The molecule has 1 rings (SSSR count). The van der Waals surface area contributed by atoms with Crippen molar-refractivity contribution >= 4 is 10.2 Å². The van der Waals surface area contributed by atoms with Gasteiger partial charge >= 0.3 is 10.2 Å². The second-order valence-electron chi connectivity index (χ2n) is 2.57. The maximum atomic E-state index is 12.8. The highest BCUT2D eigenvalue weighted by molar-refractivity contribution is 7.86. The molecule has 0 spiro atoms. The minimum absolute atomic E-state index is 0.471. The molecule has 0 aliphatic rings. The van der Waals surface area contributed by atoms with Crippen molar-refractivity contribution in [1.82, 2.24) is 4.98 Å². The van der Waals surface area contributed by atoms with Crippen molar-refractivity contribution in [3.63, 3.8) is 0 Å². The van der Waals surface area contributed by atoms with Crippen molar-refractivity contribution in [2.75, 3.05) is 5.75 Å². The van der Waals surface area contributed by atoms with Gasteiger partial charge in [0.2, 0.25) is 0 Å². The third-order valence-electron chi connectivity index (χ3n) is 1.55. The average molecular weight is 225 g/mol. The Hall–Kier alpha value is -1.11. The Morgan fingerprint density at radius 3 is 2.14 bits per heavy atom. The van der Waals surface area contributed by atoms with E-state index in [4.69, 9.17) is 0 Å². The molecule has 7 heteroatoms. The fourth-order valence-corrected chi connectivity index (χ4v) is 1.35. The summed E-state index contributed by atoms with van der Waals surface area (Å²) < 4.78 is 57.9. The van der Waals surface area contributed by atoms with Crippen LogP contribution in [0.5, 0.6) is 0 Å². The first kappa shape index (κ1) is 11.0. The van der Waals surface area contributed by atoms with Crippen molar-refractivity contribution in [1.29, 1.82) is 0 Å². The van der Waals surface area contributed by atoms with Crippen LogP contribution in [0, 0.1) is 11.6 Å². The molecule has 0 radical (unpaired) electrons. The summed E-state index contributed by atoms with van der Waals surface area (Å²) in [4.78, 5) is 3.20. The molecule has 0 saturated heterocycles. The van der Waals surface area contributed by atoms with E-state index in [1.807, 2.05) is 0 Å². The predicted octanol–water partition coefficient (Wildman–Crippen LogP) is 1.20. The molecule has 0 saturated carbocycles. The van der Waals surface area contributed by atoms with E-state index in [1.165, 1.54) is 0 Å². The summed E-state index contributed by atoms with van der Waals surface area (Å²) in [5.74, 6) is -2.90. The van der Waals surface area contributed by atoms with Gasteiger partial charge in [0.25, 0.3) is 0 Å². The number of nitrogens with zero attached hydrogens (tertiary/aromatic N) is 1. The smallest absolute Gasteiger partial charge is 0.259 e. The van der Waals surface area contributed by atoms with Crippen LogP contribution in [0.2, 0.25) is 0 Å². The second kappa shape index (κ2) is 3.95. The summed E-state index contributed by atoms with van der Waals surface area (Å²) in [6.07, 6.45) is 0.936. The lowest BCUT2D eigenvalue weighted by atomic mass is 10.2. The summed E-state index contributed by atoms with van der Waals surface area (Å²) >= 11 is 0. The number of hydrogen-bond acceptors (Lipinski definition) is 3. The Morgan fingerprint density at radius 2 is 1.71 bits per heavy atom. The lowest BCUT2D eigenvalue weighted by Crippen LogP contribution is -2.06. The van der Waals surface area contributed by atoms with Gasteiger partial charge in [-0.1, -0.05) is 0 Å². The SMILES string of the molecule is O=S(=O)(F)CCc1c(F)cncc1F. The highest BCUT2D eigenvalue weighted by Crippen LogP contribution is 2.12. The average Bonchev–Trinajstić information content (AvgIpc) is 2.01. The largest absolute Gasteiger partial charge is 0.302 e. The molecule has 78 valence electrons. The van der Waals surface area contributed by atoms with Crippen molar-refractivity contribution in [3.05, 3.63) is 29.6 Å². The van der Waals surface area contributed by atoms with E-state index < -0.39 is 39.6 Å². The van der Waals surface area contributed by atoms with Crippen LogP contribution in [-0.4, -0.2) is 19.2 Å². The fraction of sp³-hybridized carbons (Fsp3) is 0.286. The Kier molecular flexibility index (Phi) is 3.10. The quantitative estimate of drug-likeness (QED) is 0.726. The van der Waals surface area contributed by atoms with Gasteiger partial charge in [0, 0.05) is 5.56 Å². The van der Waals surface area contributed by atoms with Gasteiger partial charge in [-0.15, -0.1) is 3.89 Å². The maximum absolute atomic E-state index is 12.8. The fourth-order valence-electron chi connectivity index (χ4n) is 0.901. The molecular weight excluding hydrogens is 219 g/mol. The maximum Gasteiger partial charge on any atom is 0.302 e. The van der Waals surface area contributed by atoms with E-state index in [0.29, 0.717) is 0 Å². The monoisotopic (exact) mass is 225 g/mol. The van der Waals surface area contributed by atoms with Gasteiger partial charge in [0.15, 0.2) is 0 Å². The van der Waals surface area contributed by atoms with Crippen LogP contribution >= 0.6 is 0 Å². The highest BCUT2D eigenvalue weighted by Gasteiger charge is 2.13. The van der Waals surface area contributed by atoms with Gasteiger partial charge in [0.05, 0.1) is 18.1 Å². The molecule has 1 aromatic heterocycles. The standard InChI is InChI=1S/C7H6F3NO2S/c8-6-3-11-4-7(9)5(6)1-2-14(10,12)13/h3-4H,1-2H2. The Labute approximate surface area is 78.8 Å². The minimum Gasteiger partial charge on any atom is -0.259 e. The highest BCUT2D eigenvalue weighted by atomic mass is 32.3. The molecule has 0 aromatic carbocycles. The summed E-state index contributed by atoms with van der Waals surface area (Å²) in [6, 6.07) is 0. The van der Waals surface area contributed by atoms with E-state index in [-0.39, 0.29) is 0 Å². The van der Waals surface area contributed by atoms with Gasteiger partial charge in [-0.2, -0.15) is 8.42 Å². The van der Waals surface area contributed by atoms with Crippen LogP contribution in [0.1, 0.15) is 5.56 Å². The zero-order valence-electron chi connectivity index (χ0n) is 6.87. The number of hydrogen-bond donors (Lipinski definition) is 0. The third-order valence-corrected chi connectivity index (χ3v) is 2.24. The molecule has 14 heavy (non-hydrogen) atoms. The van der Waals surface area contributed by atoms with E-state index in [2.05, 4.69) is 4.98 Å². The molecule has 0 aliphatic heterocycles. The number of rotatable bonds is 3. The molecule has 0 fully saturated rings. The molecular formula is C7H6F3NO2S. The van der Waals surface area contributed by atoms with Crippen LogP contribution in [-0.2, 0) is 16.6 Å². The van der Waals surface area contributed by atoms with Crippen LogP contribution in [0.4, 0.5) is 12.7 Å². The zero-order valence-corrected chi connectivity index (χ0v) is 7.69. The molecule has 0 N–H and O–H groups in total. The van der Waals surface area contributed by atoms with E-state index in [0.717, 1.165) is 12.4 Å². The summed E-state index contributed by atoms with van der Waals surface area (Å²) in [5, 5.41) is 0. The molecule has 0 bridgehead atoms. The van der Waals surface area contributed by atoms with E-state index in [9.17, 15) is 21.1 Å². The summed E-state index contributed by atoms with van der Waals surface area (Å²) in [6.45, 7) is 0. The first-order valence-electron chi connectivity index (χ1n) is 3.60. The molecule has 3 nitrogen and oxygen atoms in total. The van der Waals surface area contributed by atoms with E-state index >= 15 is 0 Å². The van der Waals surface area contributed by atoms with Gasteiger partial charge < -0.3 is 0 Å². The second-order valence-corrected chi connectivity index (χ2v) is 4.06. The van der Waals surface area contributed by atoms with Crippen LogP contribution < -0.4 is 0 Å². The normalized spacial score (nSPS) is 11.6. The van der Waals surface area contributed by atoms with Crippen LogP contribution in [0.25, 0.3) is 0 Å². The Morgan fingerprint density at radius 1 is 1.21 bits per heavy atom. The van der Waals surface area contributed by atoms with Crippen molar-refractivity contribution < 1.29 is 21.1 Å². The molecule has 0 amide bonds. The third kappa shape index (κ3) is 2.99. The minimum atomic E-state index is -4.71. The van der Waals surface area contributed by atoms with Gasteiger partial charge in [-0.3, -0.25) is 4.98 Å². The topological polar surface area (TPSA) is 47.0 Å². The van der Waals surface area contributed by atoms with Crippen LogP contribution in [0.3, 0.4) is 0 Å². The first-order chi connectivity index (χ1) is 6.40. The number of halogens is 3. The van der Waals surface area contributed by atoms with Gasteiger partial charge in [-0.25, -0.2) is 8.78 Å². The summed E-state index contributed by atoms with van der Waals surface area (Å²) in [5.41, 5.74) is -0.471. The van der Waals surface area contributed by atoms with Gasteiger partial charge in [-0.05, 0) is 6.42 Å². The predicted molar refractivity (Wildman–Crippen MR) is 42.8 cm³/mol. The summed E-state index contributed by atoms with van der Waals surface area (Å²) in [7, 11) is -4.71. The molecule has 0 atom stereocenters. The zero-order chi connectivity index (χ0) is 10.8. The molecule has 1 heterocycles. The number of aromatic nitrogens is 1. The number of pyridine rings is 1. The molecule has 0 aliphatic carbocycles. The molecule has 0 unspecified atom stereocenters. The van der Waals surface area contributed by atoms with Gasteiger partial charge in [0.1, 0.15) is 11.6 Å². The van der Waals surface area contributed by atoms with Crippen molar-refractivity contribution in [2.24, 2.45) is 0 Å². The Balaban J connectivity index is 2.87. The van der Waals surface area contributed by atoms with Crippen molar-refractivity contribution in [3.8, 4) is 0 Å².